The van der Waals surface area contributed by atoms with E-state index in [0.717, 1.165) is 17.5 Å². The van der Waals surface area contributed by atoms with Crippen LogP contribution >= 0.6 is 38.9 Å². The second-order valence-corrected chi connectivity index (χ2v) is 7.84. The fraction of sp³-hybridized carbons (Fsp3) is 0. The van der Waals surface area contributed by atoms with Crippen molar-refractivity contribution in [2.75, 3.05) is 4.72 Å². The summed E-state index contributed by atoms with van der Waals surface area (Å²) in [5.41, 5.74) is 0.0285. The predicted octanol–water partition coefficient (Wildman–Crippen LogP) is 3.27. The van der Waals surface area contributed by atoms with Crippen LogP contribution in [0.15, 0.2) is 33.1 Å². The molecule has 1 aromatic heterocycles. The van der Waals surface area contributed by atoms with Gasteiger partial charge in [-0.3, -0.25) is 14.8 Å². The molecule has 0 radical (unpaired) electrons. The topological polar surface area (TPSA) is 102 Å². The summed E-state index contributed by atoms with van der Waals surface area (Å²) in [7, 11) is -3.83. The van der Waals surface area contributed by atoms with Gasteiger partial charge in [-0.25, -0.2) is 13.4 Å². The van der Waals surface area contributed by atoms with Crippen LogP contribution in [0, 0.1) is 10.1 Å². The Kier molecular flexibility index (Phi) is 4.28. The Labute approximate surface area is 130 Å². The summed E-state index contributed by atoms with van der Waals surface area (Å²) in [4.78, 5) is 13.7. The third kappa shape index (κ3) is 3.26. The van der Waals surface area contributed by atoms with Gasteiger partial charge in [-0.1, -0.05) is 22.9 Å². The van der Waals surface area contributed by atoms with E-state index in [9.17, 15) is 18.5 Å². The molecule has 2 rings (SSSR count). The molecule has 0 spiro atoms. The number of hydrogen-bond acceptors (Lipinski definition) is 6. The summed E-state index contributed by atoms with van der Waals surface area (Å²) < 4.78 is 26.7. The van der Waals surface area contributed by atoms with E-state index in [1.165, 1.54) is 18.2 Å². The molecule has 1 aromatic carbocycles. The van der Waals surface area contributed by atoms with Gasteiger partial charge in [0.15, 0.2) is 8.68 Å². The lowest BCUT2D eigenvalue weighted by Crippen LogP contribution is -2.11. The van der Waals surface area contributed by atoms with E-state index in [1.807, 2.05) is 0 Å². The number of nitro benzene ring substituents is 1. The maximum atomic E-state index is 12.0. The van der Waals surface area contributed by atoms with Crippen molar-refractivity contribution in [1.82, 2.24) is 4.98 Å². The lowest BCUT2D eigenvalue weighted by Gasteiger charge is -2.07. The third-order valence-electron chi connectivity index (χ3n) is 2.13. The second-order valence-electron chi connectivity index (χ2n) is 3.46. The number of benzene rings is 1. The van der Waals surface area contributed by atoms with Gasteiger partial charge < -0.3 is 0 Å². The lowest BCUT2D eigenvalue weighted by molar-refractivity contribution is -0.384. The van der Waals surface area contributed by atoms with Crippen LogP contribution in [0.25, 0.3) is 0 Å². The number of thiazole rings is 1. The van der Waals surface area contributed by atoms with Crippen molar-refractivity contribution in [3.8, 4) is 0 Å². The number of aromatic nitrogens is 1. The Balaban J connectivity index is 2.32. The van der Waals surface area contributed by atoms with Gasteiger partial charge in [0.2, 0.25) is 0 Å². The zero-order valence-corrected chi connectivity index (χ0v) is 13.4. The normalized spacial score (nSPS) is 11.3. The maximum absolute atomic E-state index is 12.0. The number of nitrogens with zero attached hydrogens (tertiary/aromatic N) is 2. The quantitative estimate of drug-likeness (QED) is 0.629. The SMILES string of the molecule is O=[N+]([O-])c1ccc(NS(=O)(=O)c2cnc(Cl)s2)c(Br)c1. The van der Waals surface area contributed by atoms with Gasteiger partial charge in [0, 0.05) is 16.6 Å². The molecule has 2 aromatic rings. The molecule has 11 heteroatoms. The monoisotopic (exact) mass is 397 g/mol. The molecule has 0 amide bonds. The van der Waals surface area contributed by atoms with E-state index >= 15 is 0 Å². The van der Waals surface area contributed by atoms with E-state index in [0.29, 0.717) is 0 Å². The van der Waals surface area contributed by atoms with Crippen molar-refractivity contribution < 1.29 is 13.3 Å². The molecule has 7 nitrogen and oxygen atoms in total. The lowest BCUT2D eigenvalue weighted by atomic mass is 10.3. The first-order valence-electron chi connectivity index (χ1n) is 4.88. The van der Waals surface area contributed by atoms with E-state index < -0.39 is 14.9 Å². The Bertz CT molecular complexity index is 777. The molecule has 0 saturated carbocycles. The maximum Gasteiger partial charge on any atom is 0.273 e. The molecule has 0 fully saturated rings. The van der Waals surface area contributed by atoms with Crippen LogP contribution in [0.4, 0.5) is 11.4 Å². The number of nitrogens with one attached hydrogen (secondary N) is 1. The van der Waals surface area contributed by atoms with Crippen molar-refractivity contribution in [3.05, 3.63) is 43.4 Å². The Morgan fingerprint density at radius 1 is 1.45 bits per heavy atom. The summed E-state index contributed by atoms with van der Waals surface area (Å²) in [6.45, 7) is 0. The van der Waals surface area contributed by atoms with E-state index in [4.69, 9.17) is 11.6 Å². The highest BCUT2D eigenvalue weighted by atomic mass is 79.9. The molecule has 0 aliphatic rings. The van der Waals surface area contributed by atoms with Crippen molar-refractivity contribution >= 4 is 60.3 Å². The Morgan fingerprint density at radius 2 is 2.15 bits per heavy atom. The molecule has 0 atom stereocenters. The van der Waals surface area contributed by atoms with Crippen LogP contribution in [0.1, 0.15) is 0 Å². The average Bonchev–Trinajstić information content (AvgIpc) is 2.79. The summed E-state index contributed by atoms with van der Waals surface area (Å²) in [6, 6.07) is 3.70. The largest absolute Gasteiger partial charge is 0.278 e. The molecule has 0 bridgehead atoms. The van der Waals surface area contributed by atoms with Crippen LogP contribution in [0.2, 0.25) is 4.47 Å². The molecule has 20 heavy (non-hydrogen) atoms. The van der Waals surface area contributed by atoms with Gasteiger partial charge >= 0.3 is 0 Å². The van der Waals surface area contributed by atoms with Crippen molar-refractivity contribution in [2.45, 2.75) is 4.21 Å². The van der Waals surface area contributed by atoms with Crippen molar-refractivity contribution in [1.29, 1.82) is 0 Å². The molecular weight excluding hydrogens is 394 g/mol. The number of non-ortho nitro benzene ring substituents is 1. The molecule has 0 aliphatic heterocycles. The molecule has 1 heterocycles. The van der Waals surface area contributed by atoms with Gasteiger partial charge in [0.05, 0.1) is 16.8 Å². The molecule has 0 unspecified atom stereocenters. The van der Waals surface area contributed by atoms with Gasteiger partial charge in [0.25, 0.3) is 15.7 Å². The second kappa shape index (κ2) is 5.64. The van der Waals surface area contributed by atoms with E-state index in [1.54, 1.807) is 0 Å². The van der Waals surface area contributed by atoms with Crippen molar-refractivity contribution in [2.24, 2.45) is 0 Å². The van der Waals surface area contributed by atoms with Crippen LogP contribution in [0.5, 0.6) is 0 Å². The highest BCUT2D eigenvalue weighted by Crippen LogP contribution is 2.30. The fourth-order valence-corrected chi connectivity index (χ4v) is 4.23. The van der Waals surface area contributed by atoms with Crippen LogP contribution in [0.3, 0.4) is 0 Å². The van der Waals surface area contributed by atoms with Gasteiger partial charge in [-0.05, 0) is 22.0 Å². The minimum atomic E-state index is -3.83. The predicted molar refractivity (Wildman–Crippen MR) is 78.7 cm³/mol. The highest BCUT2D eigenvalue weighted by Gasteiger charge is 2.19. The van der Waals surface area contributed by atoms with Crippen LogP contribution < -0.4 is 4.72 Å². The summed E-state index contributed by atoms with van der Waals surface area (Å²) in [6.07, 6.45) is 1.13. The standard InChI is InChI=1S/C9H5BrClN3O4S2/c10-6-3-5(14(15)16)1-2-7(6)13-20(17,18)8-4-12-9(11)19-8/h1-4,13H. The first-order valence-corrected chi connectivity index (χ1v) is 8.35. The minimum Gasteiger partial charge on any atom is -0.278 e. The number of rotatable bonds is 4. The van der Waals surface area contributed by atoms with Crippen molar-refractivity contribution in [3.63, 3.8) is 0 Å². The average molecular weight is 399 g/mol. The number of halogens is 2. The molecule has 0 saturated heterocycles. The third-order valence-corrected chi connectivity index (χ3v) is 5.73. The van der Waals surface area contributed by atoms with Gasteiger partial charge in [-0.2, -0.15) is 0 Å². The first kappa shape index (κ1) is 15.2. The van der Waals surface area contributed by atoms with E-state index in [-0.39, 0.29) is 24.5 Å². The summed E-state index contributed by atoms with van der Waals surface area (Å²) >= 11 is 9.47. The van der Waals surface area contributed by atoms with E-state index in [2.05, 4.69) is 25.6 Å². The number of sulfonamides is 1. The number of hydrogen-bond donors (Lipinski definition) is 1. The van der Waals surface area contributed by atoms with Crippen LogP contribution in [-0.4, -0.2) is 18.3 Å². The van der Waals surface area contributed by atoms with Gasteiger partial charge in [-0.15, -0.1) is 0 Å². The first-order chi connectivity index (χ1) is 9.29. The smallest absolute Gasteiger partial charge is 0.273 e. The fourth-order valence-electron chi connectivity index (χ4n) is 1.26. The molecule has 0 aliphatic carbocycles. The molecular formula is C9H5BrClN3O4S2. The highest BCUT2D eigenvalue weighted by molar-refractivity contribution is 9.10. The Hall–Kier alpha value is -1.23. The number of anilines is 1. The zero-order valence-electron chi connectivity index (χ0n) is 9.41. The van der Waals surface area contributed by atoms with Crippen LogP contribution in [-0.2, 0) is 10.0 Å². The Morgan fingerprint density at radius 3 is 2.65 bits per heavy atom. The minimum absolute atomic E-state index is 0.0484. The zero-order chi connectivity index (χ0) is 14.9. The molecule has 1 N–H and O–H groups in total. The number of nitro groups is 1. The van der Waals surface area contributed by atoms with Gasteiger partial charge in [0.1, 0.15) is 0 Å². The molecule has 106 valence electrons. The summed E-state index contributed by atoms with van der Waals surface area (Å²) in [5, 5.41) is 10.6. The summed E-state index contributed by atoms with van der Waals surface area (Å²) in [5.74, 6) is 0.